The van der Waals surface area contributed by atoms with Crippen LogP contribution in [0.25, 0.3) is 0 Å². The van der Waals surface area contributed by atoms with E-state index in [-0.39, 0.29) is 50.2 Å². The second-order valence-electron chi connectivity index (χ2n) is 9.89. The number of carbonyl (C=O) groups excluding carboxylic acids is 4. The molecule has 24 heteroatoms. The predicted octanol–water partition coefficient (Wildman–Crippen LogP) is -0.994. The number of nitrogen functional groups attached to an aromatic ring is 1. The number of nitrogens with two attached hydrogens (primary N) is 1. The molecule has 50 heavy (non-hydrogen) atoms. The lowest BCUT2D eigenvalue weighted by Crippen LogP contribution is -2.70. The van der Waals surface area contributed by atoms with E-state index in [4.69, 9.17) is 15.4 Å². The van der Waals surface area contributed by atoms with Crippen LogP contribution < -0.4 is 27.0 Å². The van der Waals surface area contributed by atoms with Crippen molar-refractivity contribution in [3.8, 4) is 0 Å². The second-order valence-corrected chi connectivity index (χ2v) is 14.0. The van der Waals surface area contributed by atoms with Crippen molar-refractivity contribution in [3.63, 3.8) is 0 Å². The molecule has 5 rings (SSSR count). The van der Waals surface area contributed by atoms with Crippen LogP contribution in [0.15, 0.2) is 44.6 Å². The van der Waals surface area contributed by atoms with Gasteiger partial charge in [0, 0.05) is 22.3 Å². The minimum Gasteiger partial charge on any atom is -0.477 e. The molecule has 4 atom stereocenters. The fraction of sp³-hybridized carbons (Fsp3) is 0.308. The number of nitrogens with zero attached hydrogens (tertiary/aromatic N) is 5. The van der Waals surface area contributed by atoms with Crippen molar-refractivity contribution in [2.45, 2.75) is 22.8 Å². The minimum atomic E-state index is -1.43. The van der Waals surface area contributed by atoms with Crippen LogP contribution in [0, 0.1) is 0 Å². The largest absolute Gasteiger partial charge is 0.477 e. The zero-order valence-corrected chi connectivity index (χ0v) is 28.9. The molecule has 0 aliphatic carbocycles. The van der Waals surface area contributed by atoms with E-state index < -0.39 is 58.4 Å². The highest BCUT2D eigenvalue weighted by Gasteiger charge is 2.53. The van der Waals surface area contributed by atoms with Crippen molar-refractivity contribution in [1.82, 2.24) is 30.8 Å². The van der Waals surface area contributed by atoms with Crippen LogP contribution >= 0.6 is 46.2 Å². The summed E-state index contributed by atoms with van der Waals surface area (Å²) in [5.74, 6) is -5.20. The number of oxime groups is 2. The van der Waals surface area contributed by atoms with Gasteiger partial charge in [-0.2, -0.15) is 0 Å². The molecule has 0 aromatic carbocycles. The molecule has 8 N–H and O–H groups in total. The summed E-state index contributed by atoms with van der Waals surface area (Å²) in [5, 5.41) is 38.1. The first-order valence-electron chi connectivity index (χ1n) is 13.9. The van der Waals surface area contributed by atoms with Crippen LogP contribution in [-0.4, -0.2) is 121 Å². The number of aliphatic carboxylic acids is 2. The Kier molecular flexibility index (Phi) is 11.2. The molecule has 3 aliphatic heterocycles. The Bertz CT molecular complexity index is 1860. The monoisotopic (exact) mass is 766 g/mol. The van der Waals surface area contributed by atoms with E-state index in [9.17, 15) is 39.0 Å². The summed E-state index contributed by atoms with van der Waals surface area (Å²) in [7, 11) is 2.39. The van der Waals surface area contributed by atoms with Crippen molar-refractivity contribution in [1.29, 1.82) is 0 Å². The Morgan fingerprint density at radius 1 is 0.980 bits per heavy atom. The number of rotatable bonds is 13. The number of carbonyl (C=O) groups is 6. The van der Waals surface area contributed by atoms with Crippen molar-refractivity contribution < 1.29 is 48.7 Å². The number of fused-ring (bicyclic) bond motifs is 1. The number of amides is 4. The third-order valence-electron chi connectivity index (χ3n) is 6.85. The molecule has 1 fully saturated rings. The summed E-state index contributed by atoms with van der Waals surface area (Å²) in [4.78, 5) is 95.3. The fourth-order valence-electron chi connectivity index (χ4n) is 4.66. The third kappa shape index (κ3) is 7.66. The number of hydrogen-bond acceptors (Lipinski definition) is 18. The average molecular weight is 767 g/mol. The number of nitrogens with one attached hydrogen (secondary N) is 4. The van der Waals surface area contributed by atoms with Gasteiger partial charge in [0.25, 0.3) is 23.6 Å². The lowest BCUT2D eigenvalue weighted by atomic mass is 10.0. The van der Waals surface area contributed by atoms with Gasteiger partial charge in [-0.1, -0.05) is 10.3 Å². The van der Waals surface area contributed by atoms with Gasteiger partial charge in [0.05, 0.1) is 0 Å². The van der Waals surface area contributed by atoms with Gasteiger partial charge >= 0.3 is 11.9 Å². The SMILES string of the molecule is CO/N=C(\C(=O)NC(C(=O)Nc1nc(/C(=N/OC)C(=O)N[C@@H]2C(=O)N3C(C(=O)O)=CCS[C@H]23)cs1)C1NC(C(=O)O)=CCS1)c1csc(N)n1. The summed E-state index contributed by atoms with van der Waals surface area (Å²) >= 11 is 4.34. The van der Waals surface area contributed by atoms with Crippen LogP contribution in [-0.2, 0) is 38.4 Å². The molecule has 3 aliphatic rings. The lowest BCUT2D eigenvalue weighted by molar-refractivity contribution is -0.150. The number of β-lactam (4-membered cyclic amide) rings is 1. The van der Waals surface area contributed by atoms with Gasteiger partial charge in [-0.3, -0.25) is 24.1 Å². The Morgan fingerprint density at radius 2 is 1.64 bits per heavy atom. The van der Waals surface area contributed by atoms with Gasteiger partial charge in [0.2, 0.25) is 0 Å². The van der Waals surface area contributed by atoms with Gasteiger partial charge < -0.3 is 46.9 Å². The van der Waals surface area contributed by atoms with Crippen molar-refractivity contribution in [2.24, 2.45) is 10.3 Å². The minimum absolute atomic E-state index is 0.0429. The van der Waals surface area contributed by atoms with Crippen molar-refractivity contribution in [3.05, 3.63) is 45.7 Å². The van der Waals surface area contributed by atoms with Gasteiger partial charge in [0.15, 0.2) is 21.7 Å². The molecule has 1 saturated heterocycles. The van der Waals surface area contributed by atoms with Gasteiger partial charge in [-0.25, -0.2) is 19.6 Å². The highest BCUT2D eigenvalue weighted by atomic mass is 32.2. The van der Waals surface area contributed by atoms with E-state index >= 15 is 0 Å². The van der Waals surface area contributed by atoms with Crippen LogP contribution in [0.1, 0.15) is 11.4 Å². The summed E-state index contributed by atoms with van der Waals surface area (Å²) in [5.41, 5.74) is 4.73. The number of thiazole rings is 2. The Hall–Kier alpha value is -5.20. The standard InChI is InChI=1S/C26H26N10O10S4/c1-45-34-13(10-7-49-25(27)29-10)17(37)31-15(20-28-9(23(41)42)3-5-47-20)19(39)33-26-30-11(8-50-26)14(35-46-2)18(38)32-16-21(40)36-12(24(43)44)4-6-48-22(16)36/h3-4,7-8,15-16,20,22,28H,5-6H2,1-2H3,(H2,27,29)(H,31,37)(H,32,38)(H,41,42)(H,43,44)(H,30,33,39)/b34-13-,35-14-/t15?,16-,20?,22-/m1/s1. The summed E-state index contributed by atoms with van der Waals surface area (Å²) in [6.45, 7) is 0. The fourth-order valence-corrected chi connectivity index (χ4v) is 8.17. The maximum absolute atomic E-state index is 13.7. The van der Waals surface area contributed by atoms with Crippen LogP contribution in [0.5, 0.6) is 0 Å². The average Bonchev–Trinajstić information content (AvgIpc) is 3.75. The number of carboxylic acid groups (broad SMARTS) is 2. The Balaban J connectivity index is 1.33. The molecule has 0 saturated carbocycles. The van der Waals surface area contributed by atoms with Crippen LogP contribution in [0.4, 0.5) is 10.3 Å². The molecule has 5 heterocycles. The van der Waals surface area contributed by atoms with Gasteiger partial charge in [-0.15, -0.1) is 46.2 Å². The van der Waals surface area contributed by atoms with E-state index in [2.05, 4.69) is 41.5 Å². The first-order valence-corrected chi connectivity index (χ1v) is 17.8. The molecule has 264 valence electrons. The van der Waals surface area contributed by atoms with Gasteiger partial charge in [0.1, 0.15) is 59.8 Å². The maximum atomic E-state index is 13.7. The molecule has 0 radical (unpaired) electrons. The second kappa shape index (κ2) is 15.6. The van der Waals surface area contributed by atoms with Crippen LogP contribution in [0.3, 0.4) is 0 Å². The molecule has 2 unspecified atom stereocenters. The highest BCUT2D eigenvalue weighted by Crippen LogP contribution is 2.37. The Labute approximate surface area is 297 Å². The van der Waals surface area contributed by atoms with Crippen molar-refractivity contribution >= 4 is 103 Å². The van der Waals surface area contributed by atoms with E-state index in [0.29, 0.717) is 5.75 Å². The van der Waals surface area contributed by atoms with Crippen molar-refractivity contribution in [2.75, 3.05) is 36.8 Å². The van der Waals surface area contributed by atoms with E-state index in [1.807, 2.05) is 0 Å². The summed E-state index contributed by atoms with van der Waals surface area (Å²) in [6.07, 6.45) is 2.82. The topological polar surface area (TPSA) is 289 Å². The zero-order valence-electron chi connectivity index (χ0n) is 25.6. The number of carboxylic acids is 2. The first kappa shape index (κ1) is 36.1. The predicted molar refractivity (Wildman–Crippen MR) is 182 cm³/mol. The highest BCUT2D eigenvalue weighted by molar-refractivity contribution is 8.00. The molecule has 20 nitrogen and oxygen atoms in total. The normalized spacial score (nSPS) is 20.9. The maximum Gasteiger partial charge on any atom is 0.352 e. The van der Waals surface area contributed by atoms with Crippen LogP contribution in [0.2, 0.25) is 0 Å². The Morgan fingerprint density at radius 3 is 2.28 bits per heavy atom. The zero-order chi connectivity index (χ0) is 36.1. The lowest BCUT2D eigenvalue weighted by Gasteiger charge is -2.48. The summed E-state index contributed by atoms with van der Waals surface area (Å²) < 4.78 is 0. The first-order chi connectivity index (χ1) is 23.9. The van der Waals surface area contributed by atoms with E-state index in [0.717, 1.165) is 39.3 Å². The summed E-state index contributed by atoms with van der Waals surface area (Å²) in [6, 6.07) is -2.47. The molecule has 2 aromatic heterocycles. The van der Waals surface area contributed by atoms with E-state index in [1.54, 1.807) is 0 Å². The quantitative estimate of drug-likeness (QED) is 0.0731. The molecular formula is C26H26N10O10S4. The number of thioether (sulfide) groups is 2. The molecule has 2 aromatic rings. The van der Waals surface area contributed by atoms with Gasteiger partial charge in [-0.05, 0) is 12.2 Å². The molecule has 0 bridgehead atoms. The third-order valence-corrected chi connectivity index (χ3v) is 10.6. The number of aromatic nitrogens is 2. The van der Waals surface area contributed by atoms with E-state index in [1.165, 1.54) is 48.9 Å². The molecule has 0 spiro atoms. The smallest absolute Gasteiger partial charge is 0.352 e. The molecule has 4 amide bonds. The number of anilines is 2. The number of hydrogen-bond donors (Lipinski definition) is 7. The molecular weight excluding hydrogens is 741 g/mol.